The van der Waals surface area contributed by atoms with Crippen LogP contribution in [0.1, 0.15) is 22.8 Å². The lowest BCUT2D eigenvalue weighted by Gasteiger charge is -2.11. The number of methoxy groups -OCH3 is 1. The van der Waals surface area contributed by atoms with Crippen LogP contribution in [0.2, 0.25) is 5.02 Å². The van der Waals surface area contributed by atoms with E-state index in [9.17, 15) is 9.59 Å². The summed E-state index contributed by atoms with van der Waals surface area (Å²) < 4.78 is 4.99. The molecule has 0 aliphatic rings. The summed E-state index contributed by atoms with van der Waals surface area (Å²) in [4.78, 5) is 22.4. The summed E-state index contributed by atoms with van der Waals surface area (Å²) in [5, 5.41) is 11.7. The van der Waals surface area contributed by atoms with E-state index in [-0.39, 0.29) is 11.8 Å². The van der Waals surface area contributed by atoms with Crippen molar-refractivity contribution in [2.45, 2.75) is 6.92 Å². The van der Waals surface area contributed by atoms with E-state index in [1.807, 2.05) is 6.92 Å². The predicted molar refractivity (Wildman–Crippen MR) is 81.5 cm³/mol. The van der Waals surface area contributed by atoms with Gasteiger partial charge in [0.2, 0.25) is 0 Å². The van der Waals surface area contributed by atoms with Crippen molar-refractivity contribution in [3.8, 4) is 0 Å². The van der Waals surface area contributed by atoms with Crippen LogP contribution in [-0.2, 0) is 9.53 Å². The summed E-state index contributed by atoms with van der Waals surface area (Å²) >= 11 is 6.03. The second-order valence-electron chi connectivity index (χ2n) is 4.68. The van der Waals surface area contributed by atoms with Gasteiger partial charge in [0.25, 0.3) is 5.91 Å². The number of aliphatic carboxylic acids is 1. The number of rotatable bonds is 7. The van der Waals surface area contributed by atoms with Gasteiger partial charge < -0.3 is 15.2 Å². The highest BCUT2D eigenvalue weighted by molar-refractivity contribution is 6.32. The average Bonchev–Trinajstić information content (AvgIpc) is 2.43. The molecule has 6 heteroatoms. The maximum atomic E-state index is 12.0. The average molecular weight is 312 g/mol. The molecule has 0 heterocycles. The smallest absolute Gasteiger partial charge is 0.328 e. The first-order valence-electron chi connectivity index (χ1n) is 6.41. The number of carboxylic acid groups (broad SMARTS) is 1. The minimum absolute atomic E-state index is 0.215. The van der Waals surface area contributed by atoms with E-state index in [1.165, 1.54) is 12.1 Å². The van der Waals surface area contributed by atoms with Crippen molar-refractivity contribution < 1.29 is 19.4 Å². The Kier molecular flexibility index (Phi) is 6.91. The first-order valence-corrected chi connectivity index (χ1v) is 6.79. The van der Waals surface area contributed by atoms with Crippen LogP contribution in [0, 0.1) is 5.92 Å². The molecule has 2 N–H and O–H groups in total. The molecule has 0 radical (unpaired) electrons. The summed E-state index contributed by atoms with van der Waals surface area (Å²) in [5.74, 6) is -1.07. The molecule has 1 rings (SSSR count). The molecular formula is C15H18ClNO4. The monoisotopic (exact) mass is 311 g/mol. The molecule has 1 unspecified atom stereocenters. The van der Waals surface area contributed by atoms with Gasteiger partial charge >= 0.3 is 5.97 Å². The van der Waals surface area contributed by atoms with Crippen molar-refractivity contribution in [3.63, 3.8) is 0 Å². The SMILES string of the molecule is COCC(C)CNC(=O)c1ccc(/C=C/C(=O)O)c(Cl)c1. The number of carboxylic acids is 1. The third-order valence-electron chi connectivity index (χ3n) is 2.73. The van der Waals surface area contributed by atoms with Gasteiger partial charge in [0.05, 0.1) is 6.61 Å². The van der Waals surface area contributed by atoms with Crippen molar-refractivity contribution in [1.82, 2.24) is 5.32 Å². The Bertz CT molecular complexity index is 542. The number of benzene rings is 1. The van der Waals surface area contributed by atoms with Gasteiger partial charge in [-0.1, -0.05) is 24.6 Å². The lowest BCUT2D eigenvalue weighted by molar-refractivity contribution is -0.131. The van der Waals surface area contributed by atoms with Crippen LogP contribution in [0.3, 0.4) is 0 Å². The number of hydrogen-bond donors (Lipinski definition) is 2. The van der Waals surface area contributed by atoms with Gasteiger partial charge in [-0.2, -0.15) is 0 Å². The summed E-state index contributed by atoms with van der Waals surface area (Å²) in [7, 11) is 1.61. The maximum absolute atomic E-state index is 12.0. The Morgan fingerprint density at radius 1 is 1.48 bits per heavy atom. The molecule has 0 aliphatic carbocycles. The highest BCUT2D eigenvalue weighted by atomic mass is 35.5. The van der Waals surface area contributed by atoms with Crippen molar-refractivity contribution >= 4 is 29.6 Å². The van der Waals surface area contributed by atoms with Gasteiger partial charge in [0.1, 0.15) is 0 Å². The van der Waals surface area contributed by atoms with Crippen LogP contribution in [0.15, 0.2) is 24.3 Å². The molecule has 5 nitrogen and oxygen atoms in total. The molecule has 0 bridgehead atoms. The molecule has 0 saturated heterocycles. The molecular weight excluding hydrogens is 294 g/mol. The Morgan fingerprint density at radius 3 is 2.76 bits per heavy atom. The van der Waals surface area contributed by atoms with Gasteiger partial charge in [-0.15, -0.1) is 0 Å². The van der Waals surface area contributed by atoms with E-state index >= 15 is 0 Å². The molecule has 0 aliphatic heterocycles. The fraction of sp³-hybridized carbons (Fsp3) is 0.333. The topological polar surface area (TPSA) is 75.6 Å². The molecule has 1 amide bonds. The van der Waals surface area contributed by atoms with E-state index in [0.29, 0.717) is 29.3 Å². The van der Waals surface area contributed by atoms with Crippen LogP contribution in [0.5, 0.6) is 0 Å². The van der Waals surface area contributed by atoms with Crippen LogP contribution in [0.25, 0.3) is 6.08 Å². The summed E-state index contributed by atoms with van der Waals surface area (Å²) in [6.45, 7) is 3.04. The number of hydrogen-bond acceptors (Lipinski definition) is 3. The van der Waals surface area contributed by atoms with E-state index in [0.717, 1.165) is 6.08 Å². The lowest BCUT2D eigenvalue weighted by atomic mass is 10.1. The van der Waals surface area contributed by atoms with E-state index in [1.54, 1.807) is 19.2 Å². The van der Waals surface area contributed by atoms with Crippen molar-refractivity contribution in [2.24, 2.45) is 5.92 Å². The molecule has 0 fully saturated rings. The van der Waals surface area contributed by atoms with E-state index in [2.05, 4.69) is 5.32 Å². The third kappa shape index (κ3) is 5.97. The molecule has 114 valence electrons. The third-order valence-corrected chi connectivity index (χ3v) is 3.06. The van der Waals surface area contributed by atoms with Gasteiger partial charge in [-0.3, -0.25) is 4.79 Å². The molecule has 0 saturated carbocycles. The highest BCUT2D eigenvalue weighted by Gasteiger charge is 2.09. The van der Waals surface area contributed by atoms with Gasteiger partial charge in [-0.25, -0.2) is 4.79 Å². The maximum Gasteiger partial charge on any atom is 0.328 e. The molecule has 1 atom stereocenters. The number of ether oxygens (including phenoxy) is 1. The minimum Gasteiger partial charge on any atom is -0.478 e. The molecule has 0 aromatic heterocycles. The second-order valence-corrected chi connectivity index (χ2v) is 5.09. The number of nitrogens with one attached hydrogen (secondary N) is 1. The van der Waals surface area contributed by atoms with Crippen LogP contribution in [0.4, 0.5) is 0 Å². The van der Waals surface area contributed by atoms with Crippen molar-refractivity contribution in [2.75, 3.05) is 20.3 Å². The fourth-order valence-electron chi connectivity index (χ4n) is 1.68. The first-order chi connectivity index (χ1) is 9.93. The van der Waals surface area contributed by atoms with E-state index < -0.39 is 5.97 Å². The van der Waals surface area contributed by atoms with Crippen LogP contribution >= 0.6 is 11.6 Å². The van der Waals surface area contributed by atoms with Crippen LogP contribution in [-0.4, -0.2) is 37.2 Å². The Morgan fingerprint density at radius 2 is 2.19 bits per heavy atom. The highest BCUT2D eigenvalue weighted by Crippen LogP contribution is 2.19. The Hall–Kier alpha value is -1.85. The molecule has 1 aromatic rings. The standard InChI is InChI=1S/C15H18ClNO4/c1-10(9-21-2)8-17-15(20)12-4-3-11(13(16)7-12)5-6-14(18)19/h3-7,10H,8-9H2,1-2H3,(H,17,20)(H,18,19)/b6-5+. The summed E-state index contributed by atoms with van der Waals surface area (Å²) in [6, 6.07) is 4.72. The molecule has 1 aromatic carbocycles. The molecule has 0 spiro atoms. The van der Waals surface area contributed by atoms with Gasteiger partial charge in [0, 0.05) is 30.3 Å². The minimum atomic E-state index is -1.06. The second kappa shape index (κ2) is 8.44. The number of amides is 1. The largest absolute Gasteiger partial charge is 0.478 e. The summed E-state index contributed by atoms with van der Waals surface area (Å²) in [5.41, 5.74) is 0.973. The fourth-order valence-corrected chi connectivity index (χ4v) is 1.92. The zero-order valence-electron chi connectivity index (χ0n) is 11.9. The zero-order chi connectivity index (χ0) is 15.8. The predicted octanol–water partition coefficient (Wildman–Crippen LogP) is 2.45. The van der Waals surface area contributed by atoms with Crippen molar-refractivity contribution in [1.29, 1.82) is 0 Å². The van der Waals surface area contributed by atoms with Gasteiger partial charge in [-0.05, 0) is 29.7 Å². The number of carbonyl (C=O) groups excluding carboxylic acids is 1. The Balaban J connectivity index is 2.70. The first kappa shape index (κ1) is 17.2. The molecule has 21 heavy (non-hydrogen) atoms. The van der Waals surface area contributed by atoms with Gasteiger partial charge in [0.15, 0.2) is 0 Å². The quantitative estimate of drug-likeness (QED) is 0.758. The summed E-state index contributed by atoms with van der Waals surface area (Å²) in [6.07, 6.45) is 2.38. The van der Waals surface area contributed by atoms with Crippen LogP contribution < -0.4 is 5.32 Å². The van der Waals surface area contributed by atoms with E-state index in [4.69, 9.17) is 21.4 Å². The number of halogens is 1. The normalized spacial score (nSPS) is 12.3. The Labute approximate surface area is 128 Å². The lowest BCUT2D eigenvalue weighted by Crippen LogP contribution is -2.29. The zero-order valence-corrected chi connectivity index (χ0v) is 12.7. The van der Waals surface area contributed by atoms with Crippen molar-refractivity contribution in [3.05, 3.63) is 40.4 Å². The number of carbonyl (C=O) groups is 2.